The van der Waals surface area contributed by atoms with Gasteiger partial charge in [-0.15, -0.1) is 0 Å². The first-order chi connectivity index (χ1) is 6.62. The summed E-state index contributed by atoms with van der Waals surface area (Å²) >= 11 is 0. The number of hydrogen-bond donors (Lipinski definition) is 1. The molecule has 15 heavy (non-hydrogen) atoms. The van der Waals surface area contributed by atoms with Crippen LogP contribution in [0.1, 0.15) is 18.1 Å². The molecule has 0 heterocycles. The SMILES string of the molecule is Cc1ccc(S(=O)(=O)O)c(C(C)(F)F)c1. The molecule has 0 aliphatic carbocycles. The number of hydrogen-bond acceptors (Lipinski definition) is 2. The Bertz CT molecular complexity index is 475. The summed E-state index contributed by atoms with van der Waals surface area (Å²) in [6, 6.07) is 3.36. The zero-order chi connectivity index (χ0) is 11.9. The van der Waals surface area contributed by atoms with Gasteiger partial charge in [-0.1, -0.05) is 11.6 Å². The lowest BCUT2D eigenvalue weighted by Crippen LogP contribution is -2.14. The molecule has 0 saturated heterocycles. The summed E-state index contributed by atoms with van der Waals surface area (Å²) < 4.78 is 56.5. The van der Waals surface area contributed by atoms with E-state index in [-0.39, 0.29) is 0 Å². The van der Waals surface area contributed by atoms with Crippen LogP contribution in [0.2, 0.25) is 0 Å². The minimum absolute atomic E-state index is 0.499. The summed E-state index contributed by atoms with van der Waals surface area (Å²) in [5.74, 6) is -3.31. The summed E-state index contributed by atoms with van der Waals surface area (Å²) in [7, 11) is -4.61. The highest BCUT2D eigenvalue weighted by atomic mass is 32.2. The van der Waals surface area contributed by atoms with Crippen LogP contribution in [0.3, 0.4) is 0 Å². The van der Waals surface area contributed by atoms with Gasteiger partial charge in [-0.05, 0) is 19.1 Å². The van der Waals surface area contributed by atoms with E-state index in [2.05, 4.69) is 0 Å². The topological polar surface area (TPSA) is 54.4 Å². The Morgan fingerprint density at radius 3 is 2.27 bits per heavy atom. The van der Waals surface area contributed by atoms with Gasteiger partial charge in [-0.3, -0.25) is 4.55 Å². The Labute approximate surface area is 86.5 Å². The predicted octanol–water partition coefficient (Wildman–Crippen LogP) is 2.35. The average Bonchev–Trinajstić information content (AvgIpc) is 2.00. The summed E-state index contributed by atoms with van der Waals surface area (Å²) in [6.07, 6.45) is 0. The molecule has 3 nitrogen and oxygen atoms in total. The highest BCUT2D eigenvalue weighted by molar-refractivity contribution is 7.85. The maximum Gasteiger partial charge on any atom is 0.295 e. The Morgan fingerprint density at radius 2 is 1.87 bits per heavy atom. The quantitative estimate of drug-likeness (QED) is 0.802. The molecule has 1 aromatic rings. The summed E-state index contributed by atoms with van der Waals surface area (Å²) in [4.78, 5) is -0.749. The van der Waals surface area contributed by atoms with Crippen LogP contribution in [0.15, 0.2) is 23.1 Å². The van der Waals surface area contributed by atoms with Crippen LogP contribution in [0.4, 0.5) is 8.78 Å². The molecule has 0 atom stereocenters. The summed E-state index contributed by atoms with van der Waals surface area (Å²) in [5.41, 5.74) is -0.191. The first-order valence-electron chi connectivity index (χ1n) is 4.09. The first-order valence-corrected chi connectivity index (χ1v) is 5.53. The molecule has 1 N–H and O–H groups in total. The van der Waals surface area contributed by atoms with Crippen molar-refractivity contribution >= 4 is 10.1 Å². The fraction of sp³-hybridized carbons (Fsp3) is 0.333. The van der Waals surface area contributed by atoms with Crippen molar-refractivity contribution in [1.82, 2.24) is 0 Å². The molecule has 0 amide bonds. The normalized spacial score (nSPS) is 12.9. The van der Waals surface area contributed by atoms with Gasteiger partial charge in [-0.25, -0.2) is 8.78 Å². The van der Waals surface area contributed by atoms with E-state index >= 15 is 0 Å². The third kappa shape index (κ3) is 2.73. The van der Waals surface area contributed by atoms with E-state index in [9.17, 15) is 17.2 Å². The van der Waals surface area contributed by atoms with Gasteiger partial charge in [0.2, 0.25) is 0 Å². The lowest BCUT2D eigenvalue weighted by molar-refractivity contribution is 0.0142. The Hall–Kier alpha value is -1.01. The zero-order valence-corrected chi connectivity index (χ0v) is 8.98. The van der Waals surface area contributed by atoms with E-state index in [1.807, 2.05) is 0 Å². The maximum atomic E-state index is 13.0. The highest BCUT2D eigenvalue weighted by Crippen LogP contribution is 2.32. The number of benzene rings is 1. The fourth-order valence-corrected chi connectivity index (χ4v) is 1.97. The van der Waals surface area contributed by atoms with E-state index < -0.39 is 26.5 Å². The summed E-state index contributed by atoms with van der Waals surface area (Å²) in [6.45, 7) is 2.14. The van der Waals surface area contributed by atoms with Gasteiger partial charge < -0.3 is 0 Å². The minimum Gasteiger partial charge on any atom is -0.282 e. The number of rotatable bonds is 2. The van der Waals surface area contributed by atoms with E-state index in [1.54, 1.807) is 6.92 Å². The molecule has 0 aliphatic heterocycles. The van der Waals surface area contributed by atoms with Crippen LogP contribution in [0.25, 0.3) is 0 Å². The molecular weight excluding hydrogens is 226 g/mol. The van der Waals surface area contributed by atoms with Crippen LogP contribution in [0, 0.1) is 6.92 Å². The smallest absolute Gasteiger partial charge is 0.282 e. The van der Waals surface area contributed by atoms with Gasteiger partial charge in [-0.2, -0.15) is 8.42 Å². The largest absolute Gasteiger partial charge is 0.295 e. The van der Waals surface area contributed by atoms with Gasteiger partial charge in [0.1, 0.15) is 4.90 Å². The Morgan fingerprint density at radius 1 is 1.33 bits per heavy atom. The van der Waals surface area contributed by atoms with Crippen molar-refractivity contribution in [3.63, 3.8) is 0 Å². The monoisotopic (exact) mass is 236 g/mol. The maximum absolute atomic E-state index is 13.0. The fourth-order valence-electron chi connectivity index (χ4n) is 1.21. The molecular formula is C9H10F2O3S. The van der Waals surface area contributed by atoms with Crippen molar-refractivity contribution in [2.24, 2.45) is 0 Å². The van der Waals surface area contributed by atoms with Crippen LogP contribution >= 0.6 is 0 Å². The molecule has 84 valence electrons. The van der Waals surface area contributed by atoms with Gasteiger partial charge in [0.25, 0.3) is 16.0 Å². The van der Waals surface area contributed by atoms with E-state index in [0.717, 1.165) is 12.1 Å². The number of aryl methyl sites for hydroxylation is 1. The zero-order valence-electron chi connectivity index (χ0n) is 8.16. The first kappa shape index (κ1) is 12.1. The molecule has 0 bridgehead atoms. The average molecular weight is 236 g/mol. The Balaban J connectivity index is 3.55. The highest BCUT2D eigenvalue weighted by Gasteiger charge is 2.31. The van der Waals surface area contributed by atoms with Gasteiger partial charge in [0.05, 0.1) is 0 Å². The molecule has 0 unspecified atom stereocenters. The molecule has 0 aromatic heterocycles. The molecule has 1 rings (SSSR count). The van der Waals surface area contributed by atoms with Crippen molar-refractivity contribution in [2.45, 2.75) is 24.7 Å². The van der Waals surface area contributed by atoms with Gasteiger partial charge in [0, 0.05) is 12.5 Å². The predicted molar refractivity (Wildman–Crippen MR) is 50.6 cm³/mol. The lowest BCUT2D eigenvalue weighted by atomic mass is 10.1. The second kappa shape index (κ2) is 3.53. The molecule has 0 aliphatic rings. The Kier molecular flexibility index (Phi) is 2.84. The third-order valence-electron chi connectivity index (χ3n) is 1.89. The van der Waals surface area contributed by atoms with Gasteiger partial charge >= 0.3 is 0 Å². The van der Waals surface area contributed by atoms with Crippen molar-refractivity contribution in [3.8, 4) is 0 Å². The van der Waals surface area contributed by atoms with Crippen LogP contribution in [-0.2, 0) is 16.0 Å². The molecule has 6 heteroatoms. The van der Waals surface area contributed by atoms with E-state index in [0.29, 0.717) is 12.5 Å². The summed E-state index contributed by atoms with van der Waals surface area (Å²) in [5, 5.41) is 0. The molecule has 0 saturated carbocycles. The van der Waals surface area contributed by atoms with Gasteiger partial charge in [0.15, 0.2) is 0 Å². The minimum atomic E-state index is -4.61. The van der Waals surface area contributed by atoms with Crippen molar-refractivity contribution < 1.29 is 21.8 Å². The van der Waals surface area contributed by atoms with Crippen LogP contribution in [-0.4, -0.2) is 13.0 Å². The number of alkyl halides is 2. The molecule has 0 spiro atoms. The van der Waals surface area contributed by atoms with Crippen molar-refractivity contribution in [2.75, 3.05) is 0 Å². The molecule has 0 radical (unpaired) electrons. The second-order valence-corrected chi connectivity index (χ2v) is 4.75. The standard InChI is InChI=1S/C9H10F2O3S/c1-6-3-4-8(15(12,13)14)7(5-6)9(2,10)11/h3-5H,1-2H3,(H,12,13,14). The van der Waals surface area contributed by atoms with E-state index in [4.69, 9.17) is 4.55 Å². The molecule has 1 aromatic carbocycles. The second-order valence-electron chi connectivity index (χ2n) is 3.36. The van der Waals surface area contributed by atoms with Crippen LogP contribution < -0.4 is 0 Å². The third-order valence-corrected chi connectivity index (χ3v) is 2.80. The lowest BCUT2D eigenvalue weighted by Gasteiger charge is -2.14. The number of halogens is 2. The van der Waals surface area contributed by atoms with Crippen molar-refractivity contribution in [3.05, 3.63) is 29.3 Å². The van der Waals surface area contributed by atoms with Crippen LogP contribution in [0.5, 0.6) is 0 Å². The van der Waals surface area contributed by atoms with Crippen molar-refractivity contribution in [1.29, 1.82) is 0 Å². The van der Waals surface area contributed by atoms with E-state index in [1.165, 1.54) is 6.07 Å². The molecule has 0 fully saturated rings.